The van der Waals surface area contributed by atoms with E-state index in [4.69, 9.17) is 0 Å². The zero-order chi connectivity index (χ0) is 20.0. The monoisotopic (exact) mass is 457 g/mol. The molecule has 10 heteroatoms. The van der Waals surface area contributed by atoms with E-state index in [2.05, 4.69) is 31.3 Å². The number of sulfonamides is 1. The van der Waals surface area contributed by atoms with Crippen LogP contribution in [0.3, 0.4) is 0 Å². The Balaban J connectivity index is 1.89. The molecule has 1 atom stereocenters. The van der Waals surface area contributed by atoms with Crippen LogP contribution >= 0.6 is 15.9 Å². The molecule has 0 radical (unpaired) electrons. The fourth-order valence-electron chi connectivity index (χ4n) is 2.07. The molecule has 0 aliphatic carbocycles. The van der Waals surface area contributed by atoms with Crippen LogP contribution in [0.2, 0.25) is 0 Å². The van der Waals surface area contributed by atoms with Gasteiger partial charge in [0, 0.05) is 10.2 Å². The Bertz CT molecular complexity index is 935. The van der Waals surface area contributed by atoms with Crippen molar-refractivity contribution in [3.63, 3.8) is 0 Å². The second-order valence-electron chi connectivity index (χ2n) is 5.55. The molecule has 0 bridgehead atoms. The van der Waals surface area contributed by atoms with Gasteiger partial charge in [0.25, 0.3) is 0 Å². The van der Waals surface area contributed by atoms with Crippen LogP contribution < -0.4 is 15.4 Å². The summed E-state index contributed by atoms with van der Waals surface area (Å²) in [7, 11) is -4.22. The van der Waals surface area contributed by atoms with E-state index in [1.165, 1.54) is 19.1 Å². The van der Waals surface area contributed by atoms with Crippen molar-refractivity contribution >= 4 is 43.5 Å². The van der Waals surface area contributed by atoms with Gasteiger partial charge in [-0.3, -0.25) is 9.59 Å². The summed E-state index contributed by atoms with van der Waals surface area (Å²) in [5.41, 5.74) is 0.547. The van der Waals surface area contributed by atoms with Gasteiger partial charge in [-0.1, -0.05) is 28.1 Å². The van der Waals surface area contributed by atoms with Crippen molar-refractivity contribution < 1.29 is 22.4 Å². The number of carbonyl (C=O) groups excluding carboxylic acids is 2. The molecule has 2 rings (SSSR count). The third kappa shape index (κ3) is 6.12. The number of rotatable bonds is 7. The number of amides is 2. The molecule has 0 aliphatic heterocycles. The SMILES string of the molecule is C[C@H](NS(=O)(=O)c1ccccc1F)C(=O)NCC(=O)Nc1ccc(Br)cc1. The Hall–Kier alpha value is -2.30. The Morgan fingerprint density at radius 1 is 1.11 bits per heavy atom. The lowest BCUT2D eigenvalue weighted by Gasteiger charge is -2.14. The average molecular weight is 458 g/mol. The van der Waals surface area contributed by atoms with E-state index < -0.39 is 38.6 Å². The summed E-state index contributed by atoms with van der Waals surface area (Å²) in [6.45, 7) is 0.945. The van der Waals surface area contributed by atoms with Crippen molar-refractivity contribution in [2.45, 2.75) is 17.9 Å². The number of anilines is 1. The highest BCUT2D eigenvalue weighted by Crippen LogP contribution is 2.14. The van der Waals surface area contributed by atoms with E-state index in [-0.39, 0.29) is 6.54 Å². The Kier molecular flexibility index (Phi) is 7.05. The molecule has 0 saturated heterocycles. The molecular formula is C17H17BrFN3O4S. The third-order valence-corrected chi connectivity index (χ3v) is 5.51. The van der Waals surface area contributed by atoms with Gasteiger partial charge in [-0.2, -0.15) is 4.72 Å². The first-order chi connectivity index (χ1) is 12.7. The Labute approximate surface area is 164 Å². The van der Waals surface area contributed by atoms with Crippen LogP contribution in [0, 0.1) is 5.82 Å². The highest BCUT2D eigenvalue weighted by Gasteiger charge is 2.24. The molecule has 2 aromatic carbocycles. The topological polar surface area (TPSA) is 104 Å². The molecule has 144 valence electrons. The molecular weight excluding hydrogens is 441 g/mol. The minimum absolute atomic E-state index is 0.347. The van der Waals surface area contributed by atoms with E-state index >= 15 is 0 Å². The maximum absolute atomic E-state index is 13.6. The van der Waals surface area contributed by atoms with Gasteiger partial charge in [0.05, 0.1) is 12.6 Å². The number of nitrogens with one attached hydrogen (secondary N) is 3. The number of carbonyl (C=O) groups is 2. The molecule has 2 aromatic rings. The van der Waals surface area contributed by atoms with E-state index in [9.17, 15) is 22.4 Å². The molecule has 3 N–H and O–H groups in total. The molecule has 7 nitrogen and oxygen atoms in total. The smallest absolute Gasteiger partial charge is 0.244 e. The zero-order valence-corrected chi connectivity index (χ0v) is 16.6. The highest BCUT2D eigenvalue weighted by molar-refractivity contribution is 9.10. The van der Waals surface area contributed by atoms with Gasteiger partial charge in [-0.05, 0) is 43.3 Å². The van der Waals surface area contributed by atoms with Gasteiger partial charge in [-0.25, -0.2) is 12.8 Å². The summed E-state index contributed by atoms with van der Waals surface area (Å²) in [6.07, 6.45) is 0. The van der Waals surface area contributed by atoms with Gasteiger partial charge >= 0.3 is 0 Å². The van der Waals surface area contributed by atoms with Crippen LogP contribution in [-0.2, 0) is 19.6 Å². The molecule has 0 saturated carbocycles. The highest BCUT2D eigenvalue weighted by atomic mass is 79.9. The van der Waals surface area contributed by atoms with E-state index in [0.29, 0.717) is 5.69 Å². The first-order valence-corrected chi connectivity index (χ1v) is 10.1. The third-order valence-electron chi connectivity index (χ3n) is 3.40. The molecule has 2 amide bonds. The van der Waals surface area contributed by atoms with Crippen LogP contribution in [0.5, 0.6) is 0 Å². The molecule has 0 fully saturated rings. The summed E-state index contributed by atoms with van der Waals surface area (Å²) >= 11 is 3.27. The average Bonchev–Trinajstić information content (AvgIpc) is 2.61. The number of hydrogen-bond donors (Lipinski definition) is 3. The Morgan fingerprint density at radius 2 is 1.74 bits per heavy atom. The second kappa shape index (κ2) is 9.07. The van der Waals surface area contributed by atoms with E-state index in [1.807, 2.05) is 0 Å². The van der Waals surface area contributed by atoms with Gasteiger partial charge in [0.15, 0.2) is 0 Å². The minimum Gasteiger partial charge on any atom is -0.346 e. The summed E-state index contributed by atoms with van der Waals surface area (Å²) in [5, 5.41) is 4.90. The van der Waals surface area contributed by atoms with Crippen LogP contribution in [0.1, 0.15) is 6.92 Å². The summed E-state index contributed by atoms with van der Waals surface area (Å²) in [4.78, 5) is 23.3. The number of hydrogen-bond acceptors (Lipinski definition) is 4. The lowest BCUT2D eigenvalue weighted by atomic mass is 10.3. The quantitative estimate of drug-likeness (QED) is 0.591. The fraction of sp³-hybridized carbons (Fsp3) is 0.176. The minimum atomic E-state index is -4.22. The molecule has 0 aliphatic rings. The normalized spacial score (nSPS) is 12.3. The second-order valence-corrected chi connectivity index (χ2v) is 8.14. The van der Waals surface area contributed by atoms with Crippen LogP contribution in [-0.4, -0.2) is 32.8 Å². The molecule has 0 aromatic heterocycles. The lowest BCUT2D eigenvalue weighted by Crippen LogP contribution is -2.46. The maximum Gasteiger partial charge on any atom is 0.244 e. The largest absolute Gasteiger partial charge is 0.346 e. The zero-order valence-electron chi connectivity index (χ0n) is 14.2. The number of benzene rings is 2. The van der Waals surface area contributed by atoms with Gasteiger partial charge in [-0.15, -0.1) is 0 Å². The Morgan fingerprint density at radius 3 is 2.37 bits per heavy atom. The first kappa shape index (κ1) is 21.0. The lowest BCUT2D eigenvalue weighted by molar-refractivity contribution is -0.125. The van der Waals surface area contributed by atoms with Crippen LogP contribution in [0.25, 0.3) is 0 Å². The van der Waals surface area contributed by atoms with Crippen molar-refractivity contribution in [2.24, 2.45) is 0 Å². The first-order valence-electron chi connectivity index (χ1n) is 7.79. The van der Waals surface area contributed by atoms with Gasteiger partial charge < -0.3 is 10.6 Å². The summed E-state index contributed by atoms with van der Waals surface area (Å²) in [6, 6.07) is 10.5. The van der Waals surface area contributed by atoms with E-state index in [1.54, 1.807) is 24.3 Å². The molecule has 27 heavy (non-hydrogen) atoms. The molecule has 0 spiro atoms. The predicted molar refractivity (Wildman–Crippen MR) is 102 cm³/mol. The van der Waals surface area contributed by atoms with Gasteiger partial charge in [0.2, 0.25) is 21.8 Å². The van der Waals surface area contributed by atoms with E-state index in [0.717, 1.165) is 16.6 Å². The maximum atomic E-state index is 13.6. The van der Waals surface area contributed by atoms with Crippen molar-refractivity contribution in [3.05, 3.63) is 58.8 Å². The van der Waals surface area contributed by atoms with Crippen molar-refractivity contribution in [1.29, 1.82) is 0 Å². The van der Waals surface area contributed by atoms with Crippen molar-refractivity contribution in [3.8, 4) is 0 Å². The van der Waals surface area contributed by atoms with Crippen molar-refractivity contribution in [1.82, 2.24) is 10.0 Å². The van der Waals surface area contributed by atoms with Crippen LogP contribution in [0.4, 0.5) is 10.1 Å². The summed E-state index contributed by atoms with van der Waals surface area (Å²) in [5.74, 6) is -2.12. The number of halogens is 2. The predicted octanol–water partition coefficient (Wildman–Crippen LogP) is 2.01. The van der Waals surface area contributed by atoms with Crippen molar-refractivity contribution in [2.75, 3.05) is 11.9 Å². The summed E-state index contributed by atoms with van der Waals surface area (Å²) < 4.78 is 40.9. The standard InChI is InChI=1S/C17H17BrFN3O4S/c1-11(22-27(25,26)15-5-3-2-4-14(15)19)17(24)20-10-16(23)21-13-8-6-12(18)7-9-13/h2-9,11,22H,10H2,1H3,(H,20,24)(H,21,23)/t11-/m0/s1. The fourth-order valence-corrected chi connectivity index (χ4v) is 3.62. The van der Waals surface area contributed by atoms with Crippen LogP contribution in [0.15, 0.2) is 57.9 Å². The molecule has 0 unspecified atom stereocenters. The molecule has 0 heterocycles. The van der Waals surface area contributed by atoms with Gasteiger partial charge in [0.1, 0.15) is 10.7 Å².